The molecular formula is C26H41N5O7. The van der Waals surface area contributed by atoms with Crippen LogP contribution >= 0.6 is 0 Å². The minimum atomic E-state index is -1.25. The Morgan fingerprint density at radius 3 is 1.95 bits per heavy atom. The van der Waals surface area contributed by atoms with Crippen molar-refractivity contribution < 1.29 is 34.2 Å². The monoisotopic (exact) mass is 535 g/mol. The fourth-order valence-electron chi connectivity index (χ4n) is 3.73. The lowest BCUT2D eigenvalue weighted by Crippen LogP contribution is -2.58. The SMILES string of the molecule is CCC(C)C(NC(=O)C(CCC(N)=O)NC(=O)C(CC(C)C)NC(=O)C(N)Cc1ccc(O)cc1)C(=O)O. The van der Waals surface area contributed by atoms with Crippen LogP contribution in [0.3, 0.4) is 0 Å². The third-order valence-electron chi connectivity index (χ3n) is 6.16. The summed E-state index contributed by atoms with van der Waals surface area (Å²) in [6.07, 6.45) is 0.513. The maximum Gasteiger partial charge on any atom is 0.326 e. The van der Waals surface area contributed by atoms with Gasteiger partial charge in [-0.3, -0.25) is 19.2 Å². The molecule has 0 heterocycles. The predicted octanol–water partition coefficient (Wildman–Crippen LogP) is 0.159. The van der Waals surface area contributed by atoms with Crippen LogP contribution < -0.4 is 27.4 Å². The first-order chi connectivity index (χ1) is 17.7. The third kappa shape index (κ3) is 11.2. The molecule has 5 unspecified atom stereocenters. The van der Waals surface area contributed by atoms with Crippen molar-refractivity contribution in [2.45, 2.75) is 84.0 Å². The maximum absolute atomic E-state index is 13.2. The number of carbonyl (C=O) groups excluding carboxylic acids is 4. The Bertz CT molecular complexity index is 967. The number of nitrogens with two attached hydrogens (primary N) is 2. The lowest BCUT2D eigenvalue weighted by molar-refractivity contribution is -0.144. The highest BCUT2D eigenvalue weighted by Gasteiger charge is 2.32. The zero-order chi connectivity index (χ0) is 29.0. The van der Waals surface area contributed by atoms with Crippen LogP contribution in [0.1, 0.15) is 58.9 Å². The molecule has 5 atom stereocenters. The van der Waals surface area contributed by atoms with E-state index in [0.717, 1.165) is 0 Å². The van der Waals surface area contributed by atoms with Gasteiger partial charge in [0.1, 0.15) is 23.9 Å². The largest absolute Gasteiger partial charge is 0.508 e. The van der Waals surface area contributed by atoms with E-state index in [2.05, 4.69) is 16.0 Å². The molecule has 1 rings (SSSR count). The van der Waals surface area contributed by atoms with Crippen molar-refractivity contribution >= 4 is 29.6 Å². The standard InChI is InChI=1S/C26H41N5O7/c1-5-15(4)22(26(37)38)31-24(35)19(10-11-21(28)33)29-25(36)20(12-14(2)3)30-23(34)18(27)13-16-6-8-17(32)9-7-16/h6-9,14-15,18-20,22,32H,5,10-13,27H2,1-4H3,(H2,28,33)(H,29,36)(H,30,34)(H,31,35)(H,37,38). The molecule has 0 fully saturated rings. The summed E-state index contributed by atoms with van der Waals surface area (Å²) < 4.78 is 0. The number of carboxylic acid groups (broad SMARTS) is 1. The summed E-state index contributed by atoms with van der Waals surface area (Å²) in [5, 5.41) is 26.5. The first kappa shape index (κ1) is 32.4. The molecule has 12 nitrogen and oxygen atoms in total. The average Bonchev–Trinajstić information content (AvgIpc) is 2.84. The Labute approximate surface area is 222 Å². The number of hydrogen-bond donors (Lipinski definition) is 7. The Kier molecular flexibility index (Phi) is 13.2. The van der Waals surface area contributed by atoms with E-state index in [1.807, 2.05) is 13.8 Å². The summed E-state index contributed by atoms with van der Waals surface area (Å²) in [6.45, 7) is 7.16. The number of carboxylic acids is 1. The highest BCUT2D eigenvalue weighted by Crippen LogP contribution is 2.13. The fourth-order valence-corrected chi connectivity index (χ4v) is 3.73. The molecule has 0 aliphatic heterocycles. The number of rotatable bonds is 16. The smallest absolute Gasteiger partial charge is 0.326 e. The van der Waals surface area contributed by atoms with Crippen molar-refractivity contribution in [2.75, 3.05) is 0 Å². The lowest BCUT2D eigenvalue weighted by Gasteiger charge is -2.27. The number of aromatic hydroxyl groups is 1. The van der Waals surface area contributed by atoms with Crippen molar-refractivity contribution in [3.63, 3.8) is 0 Å². The molecule has 0 saturated carbocycles. The van der Waals surface area contributed by atoms with E-state index < -0.39 is 53.8 Å². The van der Waals surface area contributed by atoms with Crippen molar-refractivity contribution in [1.29, 1.82) is 0 Å². The van der Waals surface area contributed by atoms with Crippen LogP contribution in [0.15, 0.2) is 24.3 Å². The van der Waals surface area contributed by atoms with E-state index in [4.69, 9.17) is 11.5 Å². The molecule has 4 amide bonds. The van der Waals surface area contributed by atoms with Gasteiger partial charge in [0, 0.05) is 6.42 Å². The van der Waals surface area contributed by atoms with Gasteiger partial charge in [0.05, 0.1) is 6.04 Å². The highest BCUT2D eigenvalue weighted by atomic mass is 16.4. The van der Waals surface area contributed by atoms with Crippen molar-refractivity contribution in [3.8, 4) is 5.75 Å². The number of benzene rings is 1. The Hall–Kier alpha value is -3.67. The number of hydrogen-bond acceptors (Lipinski definition) is 7. The number of primary amides is 1. The van der Waals surface area contributed by atoms with Gasteiger partial charge in [-0.15, -0.1) is 0 Å². The van der Waals surface area contributed by atoms with Gasteiger partial charge >= 0.3 is 5.97 Å². The van der Waals surface area contributed by atoms with Gasteiger partial charge in [-0.1, -0.05) is 46.2 Å². The summed E-state index contributed by atoms with van der Waals surface area (Å²) in [5.41, 5.74) is 12.0. The van der Waals surface area contributed by atoms with E-state index in [-0.39, 0.29) is 43.3 Å². The van der Waals surface area contributed by atoms with Gasteiger partial charge in [-0.2, -0.15) is 0 Å². The van der Waals surface area contributed by atoms with Crippen molar-refractivity contribution in [2.24, 2.45) is 23.3 Å². The zero-order valence-electron chi connectivity index (χ0n) is 22.4. The van der Waals surface area contributed by atoms with Crippen LogP contribution in [-0.4, -0.2) is 64.0 Å². The number of nitrogens with one attached hydrogen (secondary N) is 3. The van der Waals surface area contributed by atoms with Crippen LogP contribution in [0.4, 0.5) is 0 Å². The summed E-state index contributed by atoms with van der Waals surface area (Å²) in [7, 11) is 0. The number of amides is 4. The number of aliphatic carboxylic acids is 1. The average molecular weight is 536 g/mol. The molecular weight excluding hydrogens is 494 g/mol. The van der Waals surface area contributed by atoms with Gasteiger partial charge in [0.25, 0.3) is 0 Å². The van der Waals surface area contributed by atoms with Crippen molar-refractivity contribution in [1.82, 2.24) is 16.0 Å². The third-order valence-corrected chi connectivity index (χ3v) is 6.16. The molecule has 0 bridgehead atoms. The van der Waals surface area contributed by atoms with Gasteiger partial charge in [-0.05, 0) is 48.8 Å². The molecule has 0 aliphatic rings. The molecule has 0 saturated heterocycles. The van der Waals surface area contributed by atoms with Crippen LogP contribution in [0.5, 0.6) is 5.75 Å². The molecule has 0 spiro atoms. The predicted molar refractivity (Wildman–Crippen MR) is 141 cm³/mol. The summed E-state index contributed by atoms with van der Waals surface area (Å²) in [6, 6.07) is 1.75. The summed E-state index contributed by atoms with van der Waals surface area (Å²) in [5.74, 6) is -4.27. The second kappa shape index (κ2) is 15.6. The van der Waals surface area contributed by atoms with E-state index in [1.165, 1.54) is 12.1 Å². The minimum Gasteiger partial charge on any atom is -0.508 e. The van der Waals surface area contributed by atoms with E-state index in [9.17, 15) is 34.2 Å². The van der Waals surface area contributed by atoms with E-state index >= 15 is 0 Å². The van der Waals surface area contributed by atoms with Crippen LogP contribution in [0.2, 0.25) is 0 Å². The Morgan fingerprint density at radius 1 is 0.895 bits per heavy atom. The molecule has 1 aromatic rings. The molecule has 0 aliphatic carbocycles. The van der Waals surface area contributed by atoms with Gasteiger partial charge < -0.3 is 37.6 Å². The van der Waals surface area contributed by atoms with E-state index in [0.29, 0.717) is 12.0 Å². The molecule has 12 heteroatoms. The van der Waals surface area contributed by atoms with Crippen molar-refractivity contribution in [3.05, 3.63) is 29.8 Å². The molecule has 9 N–H and O–H groups in total. The Balaban J connectivity index is 3.02. The maximum atomic E-state index is 13.2. The molecule has 1 aromatic carbocycles. The molecule has 0 radical (unpaired) electrons. The number of carbonyl (C=O) groups is 5. The normalized spacial score (nSPS) is 15.0. The number of phenolic OH excluding ortho intramolecular Hbond substituents is 1. The molecule has 0 aromatic heterocycles. The van der Waals surface area contributed by atoms with Gasteiger partial charge in [0.15, 0.2) is 0 Å². The summed E-state index contributed by atoms with van der Waals surface area (Å²) >= 11 is 0. The highest BCUT2D eigenvalue weighted by molar-refractivity contribution is 5.94. The first-order valence-electron chi connectivity index (χ1n) is 12.7. The quantitative estimate of drug-likeness (QED) is 0.154. The number of phenols is 1. The zero-order valence-corrected chi connectivity index (χ0v) is 22.4. The second-order valence-corrected chi connectivity index (χ2v) is 9.94. The van der Waals surface area contributed by atoms with Crippen LogP contribution in [0.25, 0.3) is 0 Å². The lowest BCUT2D eigenvalue weighted by atomic mass is 9.98. The first-order valence-corrected chi connectivity index (χ1v) is 12.7. The topological polar surface area (TPSA) is 214 Å². The fraction of sp³-hybridized carbons (Fsp3) is 0.577. The molecule has 212 valence electrons. The van der Waals surface area contributed by atoms with Gasteiger partial charge in [0.2, 0.25) is 23.6 Å². The van der Waals surface area contributed by atoms with Crippen LogP contribution in [-0.2, 0) is 30.4 Å². The Morgan fingerprint density at radius 2 is 1.45 bits per heavy atom. The minimum absolute atomic E-state index is 0.0148. The van der Waals surface area contributed by atoms with Gasteiger partial charge in [-0.25, -0.2) is 4.79 Å². The second-order valence-electron chi connectivity index (χ2n) is 9.94. The van der Waals surface area contributed by atoms with E-state index in [1.54, 1.807) is 26.0 Å². The summed E-state index contributed by atoms with van der Waals surface area (Å²) in [4.78, 5) is 62.0. The molecule has 38 heavy (non-hydrogen) atoms. The van der Waals surface area contributed by atoms with Crippen LogP contribution in [0, 0.1) is 11.8 Å².